The molecular weight excluding hydrogens is 246 g/mol. The van der Waals surface area contributed by atoms with Crippen molar-refractivity contribution in [3.63, 3.8) is 0 Å². The van der Waals surface area contributed by atoms with E-state index < -0.39 is 0 Å². The third kappa shape index (κ3) is 4.96. The van der Waals surface area contributed by atoms with Crippen LogP contribution < -0.4 is 11.3 Å². The lowest BCUT2D eigenvalue weighted by Gasteiger charge is -2.22. The Balaban J connectivity index is 2.80. The lowest BCUT2D eigenvalue weighted by Crippen LogP contribution is -2.33. The number of carbonyl (C=O) groups is 1. The molecule has 0 bridgehead atoms. The van der Waals surface area contributed by atoms with Gasteiger partial charge in [0, 0.05) is 32.3 Å². The van der Waals surface area contributed by atoms with Gasteiger partial charge in [-0.15, -0.1) is 0 Å². The average molecular weight is 267 g/mol. The standard InChI is InChI=1S/C13H21N3O3/c1-19-9-7-16(6-8-17)10-11-4-2-3-5-12(11)13(18)15-14/h2-5,17H,6-10,14H2,1H3,(H,15,18). The Labute approximate surface area is 113 Å². The van der Waals surface area contributed by atoms with Gasteiger partial charge in [0.1, 0.15) is 0 Å². The number of nitrogens with one attached hydrogen (secondary N) is 1. The van der Waals surface area contributed by atoms with Crippen molar-refractivity contribution in [1.82, 2.24) is 10.3 Å². The van der Waals surface area contributed by atoms with E-state index >= 15 is 0 Å². The number of ether oxygens (including phenoxy) is 1. The summed E-state index contributed by atoms with van der Waals surface area (Å²) in [6.45, 7) is 2.42. The fourth-order valence-corrected chi connectivity index (χ4v) is 1.83. The summed E-state index contributed by atoms with van der Waals surface area (Å²) in [6.07, 6.45) is 0. The van der Waals surface area contributed by atoms with E-state index in [1.54, 1.807) is 19.2 Å². The summed E-state index contributed by atoms with van der Waals surface area (Å²) in [6, 6.07) is 7.27. The number of aliphatic hydroxyl groups is 1. The lowest BCUT2D eigenvalue weighted by molar-refractivity contribution is 0.0950. The molecule has 0 atom stereocenters. The molecule has 6 heteroatoms. The number of methoxy groups -OCH3 is 1. The first kappa shape index (κ1) is 15.6. The van der Waals surface area contributed by atoms with Crippen LogP contribution in [0.4, 0.5) is 0 Å². The highest BCUT2D eigenvalue weighted by molar-refractivity contribution is 5.95. The predicted octanol–water partition coefficient (Wildman–Crippen LogP) is -0.269. The highest BCUT2D eigenvalue weighted by Crippen LogP contribution is 2.11. The van der Waals surface area contributed by atoms with Crippen molar-refractivity contribution >= 4 is 5.91 Å². The minimum Gasteiger partial charge on any atom is -0.395 e. The summed E-state index contributed by atoms with van der Waals surface area (Å²) >= 11 is 0. The van der Waals surface area contributed by atoms with Gasteiger partial charge < -0.3 is 9.84 Å². The largest absolute Gasteiger partial charge is 0.395 e. The third-order valence-electron chi connectivity index (χ3n) is 2.81. The number of aliphatic hydroxyl groups excluding tert-OH is 1. The van der Waals surface area contributed by atoms with Crippen LogP contribution in [0.15, 0.2) is 24.3 Å². The number of amides is 1. The van der Waals surface area contributed by atoms with Crippen LogP contribution in [0.25, 0.3) is 0 Å². The smallest absolute Gasteiger partial charge is 0.265 e. The van der Waals surface area contributed by atoms with Crippen molar-refractivity contribution < 1.29 is 14.6 Å². The van der Waals surface area contributed by atoms with Gasteiger partial charge in [-0.3, -0.25) is 15.1 Å². The molecule has 19 heavy (non-hydrogen) atoms. The molecule has 1 aromatic carbocycles. The van der Waals surface area contributed by atoms with Gasteiger partial charge in [0.05, 0.1) is 13.2 Å². The predicted molar refractivity (Wildman–Crippen MR) is 72.3 cm³/mol. The molecule has 0 aliphatic rings. The second-order valence-corrected chi connectivity index (χ2v) is 4.12. The number of nitrogens with zero attached hydrogens (tertiary/aromatic N) is 1. The van der Waals surface area contributed by atoms with E-state index in [-0.39, 0.29) is 12.5 Å². The summed E-state index contributed by atoms with van der Waals surface area (Å²) < 4.78 is 5.03. The van der Waals surface area contributed by atoms with Gasteiger partial charge in [0.2, 0.25) is 0 Å². The Morgan fingerprint density at radius 2 is 2.16 bits per heavy atom. The average Bonchev–Trinajstić information content (AvgIpc) is 2.44. The van der Waals surface area contributed by atoms with Gasteiger partial charge in [-0.1, -0.05) is 18.2 Å². The molecule has 0 spiro atoms. The van der Waals surface area contributed by atoms with Crippen LogP contribution >= 0.6 is 0 Å². The van der Waals surface area contributed by atoms with Crippen LogP contribution in [0.2, 0.25) is 0 Å². The molecule has 0 unspecified atom stereocenters. The fourth-order valence-electron chi connectivity index (χ4n) is 1.83. The van der Waals surface area contributed by atoms with Crippen LogP contribution in [0.1, 0.15) is 15.9 Å². The van der Waals surface area contributed by atoms with Gasteiger partial charge >= 0.3 is 0 Å². The fraction of sp³-hybridized carbons (Fsp3) is 0.462. The Hall–Kier alpha value is -1.47. The van der Waals surface area contributed by atoms with Gasteiger partial charge in [-0.2, -0.15) is 0 Å². The quantitative estimate of drug-likeness (QED) is 0.343. The second-order valence-electron chi connectivity index (χ2n) is 4.12. The highest BCUT2D eigenvalue weighted by atomic mass is 16.5. The maximum Gasteiger partial charge on any atom is 0.265 e. The Kier molecular flexibility index (Phi) is 7.06. The molecule has 0 aliphatic carbocycles. The van der Waals surface area contributed by atoms with Crippen molar-refractivity contribution in [3.8, 4) is 0 Å². The van der Waals surface area contributed by atoms with E-state index in [2.05, 4.69) is 5.43 Å². The van der Waals surface area contributed by atoms with E-state index in [9.17, 15) is 4.79 Å². The van der Waals surface area contributed by atoms with E-state index in [1.165, 1.54) is 0 Å². The molecule has 1 amide bonds. The van der Waals surface area contributed by atoms with Crippen molar-refractivity contribution in [2.24, 2.45) is 5.84 Å². The van der Waals surface area contributed by atoms with Gasteiger partial charge in [0.15, 0.2) is 0 Å². The Morgan fingerprint density at radius 1 is 1.42 bits per heavy atom. The molecule has 0 saturated carbocycles. The third-order valence-corrected chi connectivity index (χ3v) is 2.81. The van der Waals surface area contributed by atoms with Gasteiger partial charge in [-0.25, -0.2) is 5.84 Å². The van der Waals surface area contributed by atoms with Crippen LogP contribution in [0, 0.1) is 0 Å². The SMILES string of the molecule is COCCN(CCO)Cc1ccccc1C(=O)NN. The molecule has 0 radical (unpaired) electrons. The van der Waals surface area contributed by atoms with Crippen LogP contribution in [0.5, 0.6) is 0 Å². The summed E-state index contributed by atoms with van der Waals surface area (Å²) in [5.74, 6) is 4.86. The summed E-state index contributed by atoms with van der Waals surface area (Å²) in [7, 11) is 1.63. The number of carbonyl (C=O) groups excluding carboxylic acids is 1. The molecular formula is C13H21N3O3. The van der Waals surface area contributed by atoms with Crippen molar-refractivity contribution in [1.29, 1.82) is 0 Å². The van der Waals surface area contributed by atoms with E-state index in [0.29, 0.717) is 31.8 Å². The van der Waals surface area contributed by atoms with Crippen molar-refractivity contribution in [3.05, 3.63) is 35.4 Å². The topological polar surface area (TPSA) is 87.8 Å². The molecule has 0 aliphatic heterocycles. The molecule has 6 nitrogen and oxygen atoms in total. The molecule has 0 fully saturated rings. The van der Waals surface area contributed by atoms with E-state index in [4.69, 9.17) is 15.7 Å². The number of hydrogen-bond acceptors (Lipinski definition) is 5. The van der Waals surface area contributed by atoms with Gasteiger partial charge in [0.25, 0.3) is 5.91 Å². The number of nitrogen functional groups attached to an aromatic ring is 1. The molecule has 1 rings (SSSR count). The molecule has 0 heterocycles. The minimum absolute atomic E-state index is 0.0645. The summed E-state index contributed by atoms with van der Waals surface area (Å²) in [4.78, 5) is 13.7. The van der Waals surface area contributed by atoms with Crippen molar-refractivity contribution in [2.45, 2.75) is 6.54 Å². The first-order chi connectivity index (χ1) is 9.22. The summed E-state index contributed by atoms with van der Waals surface area (Å²) in [5.41, 5.74) is 3.56. The monoisotopic (exact) mass is 267 g/mol. The van der Waals surface area contributed by atoms with Crippen LogP contribution in [-0.2, 0) is 11.3 Å². The number of hydrazine groups is 1. The van der Waals surface area contributed by atoms with E-state index in [0.717, 1.165) is 5.56 Å². The normalized spacial score (nSPS) is 10.7. The zero-order chi connectivity index (χ0) is 14.1. The first-order valence-corrected chi connectivity index (χ1v) is 6.14. The van der Waals surface area contributed by atoms with Gasteiger partial charge in [-0.05, 0) is 11.6 Å². The molecule has 0 saturated heterocycles. The Bertz CT molecular complexity index is 398. The van der Waals surface area contributed by atoms with E-state index in [1.807, 2.05) is 17.0 Å². The number of hydrogen-bond donors (Lipinski definition) is 3. The van der Waals surface area contributed by atoms with Crippen LogP contribution in [0.3, 0.4) is 0 Å². The zero-order valence-electron chi connectivity index (χ0n) is 11.1. The second kappa shape index (κ2) is 8.60. The van der Waals surface area contributed by atoms with Crippen molar-refractivity contribution in [2.75, 3.05) is 33.4 Å². The van der Waals surface area contributed by atoms with Crippen LogP contribution in [-0.4, -0.2) is 49.3 Å². The minimum atomic E-state index is -0.314. The molecule has 4 N–H and O–H groups in total. The Morgan fingerprint density at radius 3 is 2.79 bits per heavy atom. The number of rotatable bonds is 8. The number of nitrogens with two attached hydrogens (primary N) is 1. The molecule has 106 valence electrons. The molecule has 0 aromatic heterocycles. The maximum atomic E-state index is 11.7. The maximum absolute atomic E-state index is 11.7. The zero-order valence-corrected chi connectivity index (χ0v) is 11.1. The highest BCUT2D eigenvalue weighted by Gasteiger charge is 2.12. The molecule has 1 aromatic rings. The lowest BCUT2D eigenvalue weighted by atomic mass is 10.1. The first-order valence-electron chi connectivity index (χ1n) is 6.14. The summed E-state index contributed by atoms with van der Waals surface area (Å²) in [5, 5.41) is 9.06. The number of benzene rings is 1.